The van der Waals surface area contributed by atoms with Crippen molar-refractivity contribution in [3.05, 3.63) is 27.9 Å². The predicted molar refractivity (Wildman–Crippen MR) is 81.8 cm³/mol. The van der Waals surface area contributed by atoms with Crippen molar-refractivity contribution >= 4 is 34.3 Å². The van der Waals surface area contributed by atoms with Gasteiger partial charge in [-0.15, -0.1) is 0 Å². The van der Waals surface area contributed by atoms with E-state index in [1.165, 1.54) is 36.6 Å². The fraction of sp³-hybridized carbons (Fsp3) is 0.583. The van der Waals surface area contributed by atoms with Gasteiger partial charge in [0.1, 0.15) is 0 Å². The zero-order chi connectivity index (χ0) is 14.3. The van der Waals surface area contributed by atoms with Gasteiger partial charge in [-0.1, -0.05) is 35.4 Å². The number of unbranched alkanes of at least 4 members (excludes halogenated alkanes) is 3. The molecule has 1 aromatic heterocycles. The number of hydrogen-bond donors (Lipinski definition) is 1. The Kier molecular flexibility index (Phi) is 6.82. The van der Waals surface area contributed by atoms with Crippen molar-refractivity contribution in [1.82, 2.24) is 9.88 Å². The van der Waals surface area contributed by atoms with Crippen LogP contribution in [-0.2, 0) is 7.05 Å². The number of aromatic nitrogens is 1. The third-order valence-electron chi connectivity index (χ3n) is 2.86. The van der Waals surface area contributed by atoms with Crippen LogP contribution in [0.5, 0.6) is 0 Å². The molecule has 0 atom stereocenters. The number of halogens is 1. The topological polar surface area (TPSA) is 77.2 Å². The number of carbonyl (C=O) groups excluding carboxylic acids is 1. The third kappa shape index (κ3) is 4.81. The van der Waals surface area contributed by atoms with Crippen LogP contribution < -0.4 is 5.32 Å². The number of nitrogens with one attached hydrogen (secondary N) is 1. The van der Waals surface area contributed by atoms with E-state index in [1.54, 1.807) is 0 Å². The highest BCUT2D eigenvalue weighted by atomic mass is 127. The Labute approximate surface area is 125 Å². The molecule has 1 amide bonds. The van der Waals surface area contributed by atoms with E-state index in [4.69, 9.17) is 0 Å². The molecule has 0 saturated carbocycles. The molecule has 0 fully saturated rings. The van der Waals surface area contributed by atoms with E-state index < -0.39 is 4.92 Å². The molecule has 1 aromatic rings. The smallest absolute Gasteiger partial charge is 0.323 e. The highest BCUT2D eigenvalue weighted by molar-refractivity contribution is 14.1. The van der Waals surface area contributed by atoms with Crippen LogP contribution in [0.3, 0.4) is 0 Å². The molecule has 1 rings (SSSR count). The molecule has 1 N–H and O–H groups in total. The largest absolute Gasteiger partial charge is 0.358 e. The van der Waals surface area contributed by atoms with Crippen molar-refractivity contribution in [3.63, 3.8) is 0 Å². The zero-order valence-corrected chi connectivity index (χ0v) is 13.1. The van der Waals surface area contributed by atoms with E-state index in [9.17, 15) is 14.9 Å². The minimum Gasteiger partial charge on any atom is -0.358 e. The second kappa shape index (κ2) is 8.13. The lowest BCUT2D eigenvalue weighted by atomic mass is 10.2. The molecule has 6 nitrogen and oxygen atoms in total. The van der Waals surface area contributed by atoms with Gasteiger partial charge in [0, 0.05) is 12.6 Å². The second-order valence-corrected chi connectivity index (χ2v) is 5.33. The fourth-order valence-corrected chi connectivity index (χ4v) is 2.32. The Hall–Kier alpha value is -1.12. The van der Waals surface area contributed by atoms with Crippen LogP contribution in [-0.4, -0.2) is 26.4 Å². The van der Waals surface area contributed by atoms with Gasteiger partial charge < -0.3 is 15.4 Å². The second-order valence-electron chi connectivity index (χ2n) is 4.25. The number of nitro groups is 1. The molecule has 0 aromatic carbocycles. The molecule has 0 saturated heterocycles. The summed E-state index contributed by atoms with van der Waals surface area (Å²) < 4.78 is 2.46. The molecular weight excluding hydrogens is 361 g/mol. The number of nitrogens with zero attached hydrogens (tertiary/aromatic N) is 2. The Balaban J connectivity index is 2.40. The predicted octanol–water partition coefficient (Wildman–Crippen LogP) is 2.66. The van der Waals surface area contributed by atoms with E-state index in [0.29, 0.717) is 12.2 Å². The van der Waals surface area contributed by atoms with E-state index in [2.05, 4.69) is 27.9 Å². The highest BCUT2D eigenvalue weighted by Crippen LogP contribution is 2.14. The zero-order valence-electron chi connectivity index (χ0n) is 10.9. The molecule has 0 aliphatic heterocycles. The van der Waals surface area contributed by atoms with Crippen LogP contribution in [0.4, 0.5) is 5.82 Å². The van der Waals surface area contributed by atoms with Crippen molar-refractivity contribution in [2.45, 2.75) is 25.7 Å². The Morgan fingerprint density at radius 1 is 1.37 bits per heavy atom. The molecule has 0 aliphatic carbocycles. The number of hydrogen-bond acceptors (Lipinski definition) is 3. The average Bonchev–Trinajstić information content (AvgIpc) is 2.75. The van der Waals surface area contributed by atoms with E-state index in [0.717, 1.165) is 17.3 Å². The van der Waals surface area contributed by atoms with Crippen LogP contribution in [0.2, 0.25) is 0 Å². The molecule has 7 heteroatoms. The standard InChI is InChI=1S/C12H18IN3O3/c1-15-10(6-7-11(15)16(18)19)12(17)14-9-5-3-2-4-8-13/h6-7H,2-5,8-9H2,1H3,(H,14,17). The van der Waals surface area contributed by atoms with Crippen molar-refractivity contribution < 1.29 is 9.72 Å². The first kappa shape index (κ1) is 15.9. The maximum absolute atomic E-state index is 11.8. The lowest BCUT2D eigenvalue weighted by Gasteiger charge is -2.04. The lowest BCUT2D eigenvalue weighted by molar-refractivity contribution is -0.391. The van der Waals surface area contributed by atoms with Gasteiger partial charge in [0.15, 0.2) is 5.69 Å². The number of carbonyl (C=O) groups is 1. The number of amides is 1. The van der Waals surface area contributed by atoms with E-state index in [1.807, 2.05) is 0 Å². The van der Waals surface area contributed by atoms with Crippen LogP contribution in [0.15, 0.2) is 12.1 Å². The SMILES string of the molecule is Cn1c(C(=O)NCCCCCCI)ccc1[N+](=O)[O-]. The summed E-state index contributed by atoms with van der Waals surface area (Å²) in [5, 5.41) is 13.5. The van der Waals surface area contributed by atoms with Gasteiger partial charge in [-0.05, 0) is 28.3 Å². The summed E-state index contributed by atoms with van der Waals surface area (Å²) in [6.45, 7) is 0.610. The summed E-state index contributed by atoms with van der Waals surface area (Å²) in [7, 11) is 1.52. The molecule has 0 aliphatic rings. The van der Waals surface area contributed by atoms with Crippen molar-refractivity contribution in [2.24, 2.45) is 7.05 Å². The first-order valence-electron chi connectivity index (χ1n) is 6.22. The van der Waals surface area contributed by atoms with Gasteiger partial charge in [-0.3, -0.25) is 4.79 Å². The first-order valence-corrected chi connectivity index (χ1v) is 7.74. The van der Waals surface area contributed by atoms with Gasteiger partial charge in [-0.2, -0.15) is 0 Å². The highest BCUT2D eigenvalue weighted by Gasteiger charge is 2.19. The van der Waals surface area contributed by atoms with Gasteiger partial charge in [0.25, 0.3) is 5.91 Å². The number of rotatable bonds is 8. The molecule has 0 bridgehead atoms. The fourth-order valence-electron chi connectivity index (χ4n) is 1.78. The third-order valence-corrected chi connectivity index (χ3v) is 3.62. The quantitative estimate of drug-likeness (QED) is 0.248. The van der Waals surface area contributed by atoms with Crippen molar-refractivity contribution in [1.29, 1.82) is 0 Å². The Bertz CT molecular complexity index is 445. The number of alkyl halides is 1. The molecule has 19 heavy (non-hydrogen) atoms. The summed E-state index contributed by atoms with van der Waals surface area (Å²) in [5.41, 5.74) is 0.318. The molecule has 0 unspecified atom stereocenters. The van der Waals surface area contributed by atoms with Gasteiger partial charge in [0.05, 0.1) is 7.05 Å². The van der Waals surface area contributed by atoms with Crippen LogP contribution in [0.25, 0.3) is 0 Å². The van der Waals surface area contributed by atoms with Gasteiger partial charge in [-0.25, -0.2) is 4.57 Å². The van der Waals surface area contributed by atoms with E-state index in [-0.39, 0.29) is 11.7 Å². The summed E-state index contributed by atoms with van der Waals surface area (Å²) in [6, 6.07) is 2.82. The summed E-state index contributed by atoms with van der Waals surface area (Å²) in [6.07, 6.45) is 4.42. The first-order chi connectivity index (χ1) is 9.07. The molecule has 106 valence electrons. The Morgan fingerprint density at radius 2 is 2.05 bits per heavy atom. The molecular formula is C12H18IN3O3. The summed E-state index contributed by atoms with van der Waals surface area (Å²) in [4.78, 5) is 22.0. The Morgan fingerprint density at radius 3 is 2.63 bits per heavy atom. The van der Waals surface area contributed by atoms with Crippen LogP contribution in [0, 0.1) is 10.1 Å². The molecule has 0 spiro atoms. The van der Waals surface area contributed by atoms with Gasteiger partial charge in [0.2, 0.25) is 0 Å². The molecule has 1 heterocycles. The lowest BCUT2D eigenvalue weighted by Crippen LogP contribution is -2.26. The minimum absolute atomic E-state index is 0.0767. The van der Waals surface area contributed by atoms with Crippen LogP contribution in [0.1, 0.15) is 36.2 Å². The maximum atomic E-state index is 11.8. The molecule has 0 radical (unpaired) electrons. The minimum atomic E-state index is -0.499. The van der Waals surface area contributed by atoms with E-state index >= 15 is 0 Å². The average molecular weight is 379 g/mol. The summed E-state index contributed by atoms with van der Waals surface area (Å²) >= 11 is 2.35. The van der Waals surface area contributed by atoms with Crippen molar-refractivity contribution in [2.75, 3.05) is 11.0 Å². The van der Waals surface area contributed by atoms with Crippen molar-refractivity contribution in [3.8, 4) is 0 Å². The summed E-state index contributed by atoms with van der Waals surface area (Å²) in [5.74, 6) is -0.336. The normalized spacial score (nSPS) is 10.4. The maximum Gasteiger partial charge on any atom is 0.323 e. The van der Waals surface area contributed by atoms with Gasteiger partial charge >= 0.3 is 5.82 Å². The monoisotopic (exact) mass is 379 g/mol. The van der Waals surface area contributed by atoms with Crippen LogP contribution >= 0.6 is 22.6 Å².